The quantitative estimate of drug-likeness (QED) is 0.476. The number of amides is 3. The van der Waals surface area contributed by atoms with Gasteiger partial charge in [0, 0.05) is 13.1 Å². The third-order valence-corrected chi connectivity index (χ3v) is 4.93. The fraction of sp³-hybridized carbons (Fsp3) is 0.625. The molecule has 0 aliphatic carbocycles. The summed E-state index contributed by atoms with van der Waals surface area (Å²) in [7, 11) is 0. The summed E-state index contributed by atoms with van der Waals surface area (Å²) >= 11 is 0. The van der Waals surface area contributed by atoms with Crippen molar-refractivity contribution in [3.63, 3.8) is 0 Å². The van der Waals surface area contributed by atoms with E-state index >= 15 is 0 Å². The summed E-state index contributed by atoms with van der Waals surface area (Å²) < 4.78 is 5.25. The largest absolute Gasteiger partial charge is 0.444 e. The number of nitrogens with one attached hydrogen (secondary N) is 2. The first-order valence-corrected chi connectivity index (χ1v) is 11.2. The van der Waals surface area contributed by atoms with E-state index in [2.05, 4.69) is 10.6 Å². The number of benzene rings is 1. The molecule has 0 heterocycles. The fourth-order valence-corrected chi connectivity index (χ4v) is 3.44. The Labute approximate surface area is 191 Å². The molecule has 1 aromatic rings. The Bertz CT molecular complexity index is 768. The van der Waals surface area contributed by atoms with Gasteiger partial charge in [-0.05, 0) is 64.7 Å². The lowest BCUT2D eigenvalue weighted by Crippen LogP contribution is -2.53. The molecule has 8 heteroatoms. The number of aliphatic hydroxyl groups excluding tert-OH is 1. The minimum atomic E-state index is -0.952. The van der Waals surface area contributed by atoms with E-state index in [1.807, 2.05) is 39.0 Å². The summed E-state index contributed by atoms with van der Waals surface area (Å²) in [5.74, 6) is -0.801. The molecule has 0 aliphatic heterocycles. The number of carbonyl (C=O) groups is 3. The molecular formula is C24H39N3O5. The van der Waals surface area contributed by atoms with Crippen LogP contribution in [0.2, 0.25) is 0 Å². The van der Waals surface area contributed by atoms with Gasteiger partial charge in [-0.1, -0.05) is 31.5 Å². The maximum Gasteiger partial charge on any atom is 0.408 e. The average molecular weight is 450 g/mol. The molecule has 1 aromatic carbocycles. The van der Waals surface area contributed by atoms with Crippen LogP contribution in [0.15, 0.2) is 18.2 Å². The van der Waals surface area contributed by atoms with Crippen molar-refractivity contribution < 1.29 is 24.2 Å². The number of aliphatic hydroxyl groups is 1. The molecule has 2 atom stereocenters. The van der Waals surface area contributed by atoms with Gasteiger partial charge in [-0.3, -0.25) is 9.59 Å². The topological polar surface area (TPSA) is 108 Å². The second-order valence-corrected chi connectivity index (χ2v) is 8.98. The van der Waals surface area contributed by atoms with E-state index in [0.29, 0.717) is 12.1 Å². The van der Waals surface area contributed by atoms with Crippen molar-refractivity contribution in [2.75, 3.05) is 19.7 Å². The van der Waals surface area contributed by atoms with Crippen LogP contribution < -0.4 is 10.6 Å². The number of alkyl carbamates (subject to hydrolysis) is 1. The van der Waals surface area contributed by atoms with Gasteiger partial charge >= 0.3 is 6.09 Å². The van der Waals surface area contributed by atoms with Gasteiger partial charge in [0.25, 0.3) is 0 Å². The Morgan fingerprint density at radius 1 is 1.16 bits per heavy atom. The predicted molar refractivity (Wildman–Crippen MR) is 124 cm³/mol. The van der Waals surface area contributed by atoms with E-state index in [4.69, 9.17) is 4.74 Å². The van der Waals surface area contributed by atoms with E-state index in [1.165, 1.54) is 11.8 Å². The van der Waals surface area contributed by atoms with Crippen molar-refractivity contribution in [3.8, 4) is 0 Å². The van der Waals surface area contributed by atoms with Crippen LogP contribution in [0, 0.1) is 13.8 Å². The average Bonchev–Trinajstić information content (AvgIpc) is 2.67. The van der Waals surface area contributed by atoms with Crippen LogP contribution in [0.5, 0.6) is 0 Å². The lowest BCUT2D eigenvalue weighted by atomic mass is 9.93. The van der Waals surface area contributed by atoms with Gasteiger partial charge in [-0.25, -0.2) is 4.79 Å². The summed E-state index contributed by atoms with van der Waals surface area (Å²) in [5.41, 5.74) is 1.73. The molecule has 32 heavy (non-hydrogen) atoms. The molecule has 2 unspecified atom stereocenters. The molecule has 0 saturated carbocycles. The summed E-state index contributed by atoms with van der Waals surface area (Å²) in [6, 6.07) is 3.78. The van der Waals surface area contributed by atoms with Crippen LogP contribution in [-0.4, -0.2) is 59.3 Å². The zero-order chi connectivity index (χ0) is 24.5. The number of hydrogen-bond donors (Lipinski definition) is 3. The number of hydrogen-bond acceptors (Lipinski definition) is 5. The van der Waals surface area contributed by atoms with Gasteiger partial charge in [-0.2, -0.15) is 0 Å². The lowest BCUT2D eigenvalue weighted by Gasteiger charge is -2.34. The van der Waals surface area contributed by atoms with E-state index in [-0.39, 0.29) is 19.1 Å². The molecule has 0 spiro atoms. The van der Waals surface area contributed by atoms with E-state index in [1.54, 1.807) is 20.8 Å². The standard InChI is InChI=1S/C24H39N3O5/c1-8-9-13-25-21(29)20(19-16(2)11-10-12-17(19)3)27(14-15-28)22(30)18(4)26-23(31)32-24(5,6)7/h10-12,18,20,28H,8-9,13-15H2,1-7H3,(H,25,29)(H,26,31). The Morgan fingerprint density at radius 3 is 2.25 bits per heavy atom. The van der Waals surface area contributed by atoms with E-state index in [0.717, 1.165) is 24.0 Å². The molecule has 180 valence electrons. The van der Waals surface area contributed by atoms with Gasteiger partial charge in [0.05, 0.1) is 6.61 Å². The van der Waals surface area contributed by atoms with Gasteiger partial charge in [0.2, 0.25) is 11.8 Å². The van der Waals surface area contributed by atoms with Crippen LogP contribution in [-0.2, 0) is 14.3 Å². The first-order chi connectivity index (χ1) is 14.9. The molecule has 0 bridgehead atoms. The number of rotatable bonds is 10. The molecule has 0 radical (unpaired) electrons. The maximum absolute atomic E-state index is 13.4. The zero-order valence-corrected chi connectivity index (χ0v) is 20.4. The second-order valence-electron chi connectivity index (χ2n) is 8.98. The highest BCUT2D eigenvalue weighted by molar-refractivity contribution is 5.92. The molecule has 3 amide bonds. The van der Waals surface area contributed by atoms with Crippen LogP contribution in [0.25, 0.3) is 0 Å². The predicted octanol–water partition coefficient (Wildman–Crippen LogP) is 2.99. The first kappa shape index (κ1) is 27.4. The molecule has 0 saturated heterocycles. The van der Waals surface area contributed by atoms with Crippen LogP contribution in [0.3, 0.4) is 0 Å². The molecular weight excluding hydrogens is 410 g/mol. The Kier molecular flexibility index (Phi) is 10.7. The summed E-state index contributed by atoms with van der Waals surface area (Å²) in [5, 5.41) is 15.1. The van der Waals surface area contributed by atoms with Crippen LogP contribution in [0.1, 0.15) is 70.2 Å². The van der Waals surface area contributed by atoms with Crippen molar-refractivity contribution in [1.29, 1.82) is 0 Å². The van der Waals surface area contributed by atoms with Gasteiger partial charge < -0.3 is 25.4 Å². The van der Waals surface area contributed by atoms with Crippen molar-refractivity contribution in [3.05, 3.63) is 34.9 Å². The van der Waals surface area contributed by atoms with Crippen molar-refractivity contribution in [2.24, 2.45) is 0 Å². The van der Waals surface area contributed by atoms with Gasteiger partial charge in [0.15, 0.2) is 0 Å². The molecule has 8 nitrogen and oxygen atoms in total. The summed E-state index contributed by atoms with van der Waals surface area (Å²) in [6.45, 7) is 12.6. The minimum absolute atomic E-state index is 0.0567. The Hall–Kier alpha value is -2.61. The monoisotopic (exact) mass is 449 g/mol. The highest BCUT2D eigenvalue weighted by Gasteiger charge is 2.35. The normalized spacial score (nSPS) is 13.1. The number of carbonyl (C=O) groups excluding carboxylic acids is 3. The summed E-state index contributed by atoms with van der Waals surface area (Å²) in [6.07, 6.45) is 1.01. The lowest BCUT2D eigenvalue weighted by molar-refractivity contribution is -0.142. The number of nitrogens with zero attached hydrogens (tertiary/aromatic N) is 1. The molecule has 0 aromatic heterocycles. The van der Waals surface area contributed by atoms with Crippen molar-refractivity contribution in [2.45, 2.75) is 79.0 Å². The third-order valence-electron chi connectivity index (χ3n) is 4.93. The fourth-order valence-electron chi connectivity index (χ4n) is 3.44. The minimum Gasteiger partial charge on any atom is -0.444 e. The second kappa shape index (κ2) is 12.4. The maximum atomic E-state index is 13.4. The smallest absolute Gasteiger partial charge is 0.408 e. The molecule has 0 fully saturated rings. The molecule has 0 aliphatic rings. The highest BCUT2D eigenvalue weighted by atomic mass is 16.6. The third kappa shape index (κ3) is 8.15. The van der Waals surface area contributed by atoms with E-state index in [9.17, 15) is 19.5 Å². The van der Waals surface area contributed by atoms with Crippen LogP contribution in [0.4, 0.5) is 4.79 Å². The highest BCUT2D eigenvalue weighted by Crippen LogP contribution is 2.28. The van der Waals surface area contributed by atoms with Crippen molar-refractivity contribution >= 4 is 17.9 Å². The zero-order valence-electron chi connectivity index (χ0n) is 20.4. The summed E-state index contributed by atoms with van der Waals surface area (Å²) in [4.78, 5) is 40.2. The van der Waals surface area contributed by atoms with Crippen LogP contribution >= 0.6 is 0 Å². The SMILES string of the molecule is CCCCNC(=O)C(c1c(C)cccc1C)N(CCO)C(=O)C(C)NC(=O)OC(C)(C)C. The van der Waals surface area contributed by atoms with Gasteiger partial charge in [0.1, 0.15) is 17.7 Å². The number of unbranched alkanes of at least 4 members (excludes halogenated alkanes) is 1. The first-order valence-electron chi connectivity index (χ1n) is 11.2. The van der Waals surface area contributed by atoms with E-state index < -0.39 is 29.7 Å². The molecule has 3 N–H and O–H groups in total. The Balaban J connectivity index is 3.30. The number of ether oxygens (including phenoxy) is 1. The van der Waals surface area contributed by atoms with Gasteiger partial charge in [-0.15, -0.1) is 0 Å². The number of aryl methyl sites for hydroxylation is 2. The Morgan fingerprint density at radius 2 is 1.75 bits per heavy atom. The molecule has 1 rings (SSSR count). The van der Waals surface area contributed by atoms with Crippen molar-refractivity contribution in [1.82, 2.24) is 15.5 Å².